The first-order chi connectivity index (χ1) is 42.8. The van der Waals surface area contributed by atoms with E-state index in [1.54, 1.807) is 60.1 Å². The van der Waals surface area contributed by atoms with Crippen LogP contribution < -0.4 is 31.9 Å². The molecule has 0 saturated carbocycles. The molecular weight excluding hydrogens is 1200 g/mol. The largest absolute Gasteiger partial charge is 0.361 e. The normalized spacial score (nSPS) is 24.2. The Hall–Kier alpha value is -7.95. The average molecular weight is 1270 g/mol. The second-order valence-electron chi connectivity index (χ2n) is 23.1. The van der Waals surface area contributed by atoms with Crippen molar-refractivity contribution in [3.63, 3.8) is 0 Å². The number of thioether (sulfide) groups is 2. The number of aromatic nitrogens is 1. The van der Waals surface area contributed by atoms with E-state index in [4.69, 9.17) is 11.6 Å². The van der Waals surface area contributed by atoms with Crippen LogP contribution in [-0.2, 0) is 73.9 Å². The van der Waals surface area contributed by atoms with Gasteiger partial charge in [-0.15, -0.1) is 0 Å². The van der Waals surface area contributed by atoms with Crippen molar-refractivity contribution in [1.82, 2.24) is 51.6 Å². The lowest BCUT2D eigenvalue weighted by Gasteiger charge is -2.35. The summed E-state index contributed by atoms with van der Waals surface area (Å²) in [5.74, 6) is -3.28. The molecule has 5 aromatic carbocycles. The van der Waals surface area contributed by atoms with E-state index >= 15 is 9.59 Å². The number of halogens is 2. The molecule has 7 N–H and O–H groups in total. The minimum absolute atomic E-state index is 0.0665. The smallest absolute Gasteiger partial charge is 0.246 e. The second kappa shape index (κ2) is 30.5. The van der Waals surface area contributed by atoms with Crippen molar-refractivity contribution in [2.75, 3.05) is 38.2 Å². The Kier molecular flexibility index (Phi) is 22.5. The number of nitrogens with one attached hydrogen (secondary N) is 7. The van der Waals surface area contributed by atoms with Crippen LogP contribution in [0.2, 0.25) is 5.02 Å². The highest BCUT2D eigenvalue weighted by Crippen LogP contribution is 2.28. The van der Waals surface area contributed by atoms with E-state index in [1.165, 1.54) is 54.7 Å². The van der Waals surface area contributed by atoms with Crippen LogP contribution in [0.15, 0.2) is 115 Å². The van der Waals surface area contributed by atoms with Gasteiger partial charge in [0.25, 0.3) is 0 Å². The SMILES string of the molecule is C[C@@H]1NC(=O)CCSCc2cccc(c2)CSCCNC(=O)[C@@H]2CCCN2C(=O)[C@H](Cc2ccc(Cl)cc2)N(C)C(=O)[C@H](C)NC(=O)[C@@H]2CCCN2C(=O)[C@H](Cc2c[nH]c3ccc(F)cc23)NC(=O)[C@H](Cc2cccc3ccccc23)NC(=O)[C@@H](C)NC1=O. The molecule has 19 nitrogen and oxygen atoms in total. The van der Waals surface area contributed by atoms with Crippen LogP contribution in [0.1, 0.15) is 80.7 Å². The molecule has 0 radical (unpaired) electrons. The predicted molar refractivity (Wildman–Crippen MR) is 344 cm³/mol. The third-order valence-corrected chi connectivity index (χ3v) is 18.9. The number of rotatable bonds is 6. The molecule has 2 bridgehead atoms. The Balaban J connectivity index is 1.00. The average Bonchev–Trinajstić information content (AvgIpc) is 2.55. The zero-order chi connectivity index (χ0) is 63.3. The van der Waals surface area contributed by atoms with Crippen molar-refractivity contribution >= 4 is 110 Å². The molecule has 9 amide bonds. The van der Waals surface area contributed by atoms with E-state index in [1.807, 2.05) is 60.7 Å². The fourth-order valence-corrected chi connectivity index (χ4v) is 13.6. The van der Waals surface area contributed by atoms with Gasteiger partial charge in [0.2, 0.25) is 53.2 Å². The first kappa shape index (κ1) is 65.5. The predicted octanol–water partition coefficient (Wildman–Crippen LogP) is 6.12. The van der Waals surface area contributed by atoms with Crippen LogP contribution in [0.5, 0.6) is 0 Å². The van der Waals surface area contributed by atoms with Gasteiger partial charge in [-0.1, -0.05) is 90.5 Å². The van der Waals surface area contributed by atoms with E-state index < -0.39 is 95.5 Å². The minimum Gasteiger partial charge on any atom is -0.361 e. The highest BCUT2D eigenvalue weighted by atomic mass is 35.5. The van der Waals surface area contributed by atoms with Gasteiger partial charge in [-0.05, 0) is 115 Å². The molecule has 1 aromatic heterocycles. The van der Waals surface area contributed by atoms with Crippen molar-refractivity contribution in [3.8, 4) is 0 Å². The number of aromatic amines is 1. The summed E-state index contributed by atoms with van der Waals surface area (Å²) in [7, 11) is 1.49. The Morgan fingerprint density at radius 2 is 1.18 bits per heavy atom. The van der Waals surface area contributed by atoms with E-state index in [2.05, 4.69) is 43.0 Å². The van der Waals surface area contributed by atoms with Crippen molar-refractivity contribution in [3.05, 3.63) is 154 Å². The Morgan fingerprint density at radius 1 is 0.562 bits per heavy atom. The molecule has 89 heavy (non-hydrogen) atoms. The molecular formula is C66H76ClFN10O9S2. The monoisotopic (exact) mass is 1270 g/mol. The summed E-state index contributed by atoms with van der Waals surface area (Å²) >= 11 is 9.48. The van der Waals surface area contributed by atoms with Gasteiger partial charge in [0.05, 0.1) is 0 Å². The molecule has 3 aliphatic heterocycles. The van der Waals surface area contributed by atoms with Crippen molar-refractivity contribution < 1.29 is 47.5 Å². The van der Waals surface area contributed by atoms with Crippen LogP contribution in [0.3, 0.4) is 0 Å². The molecule has 3 aliphatic rings. The van der Waals surface area contributed by atoms with Gasteiger partial charge < -0.3 is 51.6 Å². The number of benzene rings is 5. The zero-order valence-electron chi connectivity index (χ0n) is 50.3. The van der Waals surface area contributed by atoms with Crippen LogP contribution in [0.4, 0.5) is 4.39 Å². The van der Waals surface area contributed by atoms with Gasteiger partial charge in [-0.25, -0.2) is 4.39 Å². The minimum atomic E-state index is -1.40. The standard InChI is InChI=1S/C66H76ClFN10O9S2/c1-39-59(80)72-40(2)60(81)74-53(33-46-15-8-14-45-13-5-6-16-50(45)46)61(82)75-54(34-47-36-70-52-24-23-49(68)35-51(47)52)65(86)77-27-10-18-56(77)63(84)73-41(3)64(85)76(4)57(32-42-19-21-48(67)22-20-42)66(87)78-28-9-17-55(78)62(83)69-26-30-89-38-44-12-7-11-43(31-44)37-88-29-25-58(79)71-39/h5-8,11-16,19-24,31,35-36,39-41,53-57,70H,9-10,17-18,25-30,32-34,37-38H2,1-4H3,(H,69,83)(H,71,79)(H,72,80)(H,73,84)(H,74,81)(H,75,82)/t39-,40+,41-,53-,54-,55-,56-,57-/m0/s1. The molecule has 2 saturated heterocycles. The number of hydrogen-bond acceptors (Lipinski definition) is 11. The van der Waals surface area contributed by atoms with Gasteiger partial charge in [-0.3, -0.25) is 43.2 Å². The Labute approximate surface area is 530 Å². The van der Waals surface area contributed by atoms with Crippen LogP contribution in [0.25, 0.3) is 21.7 Å². The van der Waals surface area contributed by atoms with E-state index in [0.717, 1.165) is 21.9 Å². The fraction of sp³-hybridized carbons (Fsp3) is 0.409. The Morgan fingerprint density at radius 3 is 1.92 bits per heavy atom. The number of fused-ring (bicyclic) bond motifs is 6. The third-order valence-electron chi connectivity index (χ3n) is 16.6. The first-order valence-corrected chi connectivity index (χ1v) is 32.9. The fourth-order valence-electron chi connectivity index (χ4n) is 11.8. The lowest BCUT2D eigenvalue weighted by atomic mass is 9.97. The number of carbonyl (C=O) groups excluding carboxylic acids is 9. The molecule has 4 heterocycles. The van der Waals surface area contributed by atoms with E-state index in [9.17, 15) is 38.0 Å². The van der Waals surface area contributed by atoms with Crippen LogP contribution >= 0.6 is 35.1 Å². The summed E-state index contributed by atoms with van der Waals surface area (Å²) in [4.78, 5) is 137. The molecule has 0 aliphatic carbocycles. The topological polar surface area (TPSA) is 251 Å². The number of amides is 9. The summed E-state index contributed by atoms with van der Waals surface area (Å²) < 4.78 is 14.9. The highest BCUT2D eigenvalue weighted by molar-refractivity contribution is 7.98. The quantitative estimate of drug-likeness (QED) is 0.100. The van der Waals surface area contributed by atoms with Crippen LogP contribution in [0, 0.1) is 5.82 Å². The maximum absolute atomic E-state index is 15.3. The summed E-state index contributed by atoms with van der Waals surface area (Å²) in [5.41, 5.74) is 4.59. The lowest BCUT2D eigenvalue weighted by Crippen LogP contribution is -2.60. The summed E-state index contributed by atoms with van der Waals surface area (Å²) in [6.45, 7) is 5.20. The maximum Gasteiger partial charge on any atom is 0.246 e. The molecule has 0 unspecified atom stereocenters. The number of carbonyl (C=O) groups is 9. The Bertz CT molecular complexity index is 3590. The van der Waals surface area contributed by atoms with Crippen molar-refractivity contribution in [2.45, 2.75) is 132 Å². The summed E-state index contributed by atoms with van der Waals surface area (Å²) in [6, 6.07) is 23.1. The maximum atomic E-state index is 15.3. The molecule has 8 atom stereocenters. The number of nitrogens with zero attached hydrogens (tertiary/aromatic N) is 3. The third kappa shape index (κ3) is 16.9. The number of H-pyrrole nitrogens is 1. The van der Waals surface area contributed by atoms with Gasteiger partial charge in [0.1, 0.15) is 54.2 Å². The van der Waals surface area contributed by atoms with Crippen molar-refractivity contribution in [2.24, 2.45) is 0 Å². The van der Waals surface area contributed by atoms with Gasteiger partial charge in [0.15, 0.2) is 0 Å². The zero-order valence-corrected chi connectivity index (χ0v) is 52.7. The van der Waals surface area contributed by atoms with Crippen LogP contribution in [-0.4, -0.2) is 159 Å². The molecule has 9 rings (SSSR count). The molecule has 2 fully saturated rings. The highest BCUT2D eigenvalue weighted by Gasteiger charge is 2.43. The van der Waals surface area contributed by atoms with E-state index in [-0.39, 0.29) is 50.5 Å². The molecule has 6 aromatic rings. The summed E-state index contributed by atoms with van der Waals surface area (Å²) in [6.07, 6.45) is 3.13. The second-order valence-corrected chi connectivity index (χ2v) is 25.7. The van der Waals surface area contributed by atoms with Crippen molar-refractivity contribution in [1.29, 1.82) is 0 Å². The lowest BCUT2D eigenvalue weighted by molar-refractivity contribution is -0.148. The van der Waals surface area contributed by atoms with Gasteiger partial charge in [0, 0.05) is 97.5 Å². The van der Waals surface area contributed by atoms with E-state index in [0.29, 0.717) is 88.0 Å². The van der Waals surface area contributed by atoms with Gasteiger partial charge in [-0.2, -0.15) is 23.5 Å². The number of likely N-dealkylation sites (N-methyl/N-ethyl adjacent to an activating group) is 1. The molecule has 470 valence electrons. The molecule has 23 heteroatoms. The summed E-state index contributed by atoms with van der Waals surface area (Å²) in [5, 5.41) is 19.6. The number of hydrogen-bond donors (Lipinski definition) is 7. The first-order valence-electron chi connectivity index (χ1n) is 30.2. The van der Waals surface area contributed by atoms with Gasteiger partial charge >= 0.3 is 0 Å². The molecule has 0 spiro atoms.